The van der Waals surface area contributed by atoms with Crippen molar-refractivity contribution < 1.29 is 0 Å². The Morgan fingerprint density at radius 1 is 0.833 bits per heavy atom. The number of benzene rings is 2. The second-order valence-corrected chi connectivity index (χ2v) is 6.52. The summed E-state index contributed by atoms with van der Waals surface area (Å²) in [6.07, 6.45) is 4.61. The number of hydrogen-bond donors (Lipinski definition) is 0. The number of para-hydroxylation sites is 1. The number of rotatable bonds is 0. The summed E-state index contributed by atoms with van der Waals surface area (Å²) in [5, 5.41) is 0. The maximum absolute atomic E-state index is 2.55. The first-order chi connectivity index (χ1) is 8.95. The molecular formula is C16H14NS+. The van der Waals surface area contributed by atoms with Crippen LogP contribution >= 0.6 is 0 Å². The van der Waals surface area contributed by atoms with Crippen molar-refractivity contribution in [2.24, 2.45) is 0 Å². The molecule has 2 heterocycles. The van der Waals surface area contributed by atoms with E-state index in [1.165, 1.54) is 21.7 Å². The van der Waals surface area contributed by atoms with Gasteiger partial charge in [-0.05, 0) is 24.3 Å². The third-order valence-electron chi connectivity index (χ3n) is 3.56. The summed E-state index contributed by atoms with van der Waals surface area (Å²) in [6, 6.07) is 17.6. The molecule has 2 aliphatic rings. The van der Waals surface area contributed by atoms with Gasteiger partial charge in [-0.1, -0.05) is 36.4 Å². The highest BCUT2D eigenvalue weighted by atomic mass is 32.2. The Morgan fingerprint density at radius 2 is 1.61 bits per heavy atom. The van der Waals surface area contributed by atoms with Crippen LogP contribution in [0.3, 0.4) is 0 Å². The summed E-state index contributed by atoms with van der Waals surface area (Å²) in [7, 11) is 0. The van der Waals surface area contributed by atoms with Crippen molar-refractivity contribution >= 4 is 16.8 Å². The van der Waals surface area contributed by atoms with Gasteiger partial charge < -0.3 is 0 Å². The van der Waals surface area contributed by atoms with Crippen molar-refractivity contribution in [3.63, 3.8) is 0 Å². The number of hydrogen-bond acceptors (Lipinski definition) is 1. The molecule has 0 N–H and O–H groups in total. The van der Waals surface area contributed by atoms with Crippen LogP contribution in [0.1, 0.15) is 0 Å². The minimum atomic E-state index is 0.208. The van der Waals surface area contributed by atoms with E-state index in [9.17, 15) is 0 Å². The van der Waals surface area contributed by atoms with Gasteiger partial charge in [0.2, 0.25) is 0 Å². The predicted octanol–water partition coefficient (Wildman–Crippen LogP) is 3.64. The summed E-state index contributed by atoms with van der Waals surface area (Å²) in [5.74, 6) is 1.14. The summed E-state index contributed by atoms with van der Waals surface area (Å²) in [6.45, 7) is 1.04. The first-order valence-electron chi connectivity index (χ1n) is 6.27. The molecule has 1 atom stereocenters. The van der Waals surface area contributed by atoms with Crippen LogP contribution in [0.2, 0.25) is 0 Å². The van der Waals surface area contributed by atoms with Gasteiger partial charge in [0.15, 0.2) is 10.6 Å². The Morgan fingerprint density at radius 3 is 2.56 bits per heavy atom. The Balaban J connectivity index is 2.02. The highest BCUT2D eigenvalue weighted by Gasteiger charge is 2.39. The van der Waals surface area contributed by atoms with E-state index in [0.29, 0.717) is 0 Å². The summed E-state index contributed by atoms with van der Waals surface area (Å²) >= 11 is 0.208. The van der Waals surface area contributed by atoms with E-state index in [0.717, 1.165) is 12.3 Å². The topological polar surface area (TPSA) is 3.24 Å². The fourth-order valence-corrected chi connectivity index (χ4v) is 4.99. The summed E-state index contributed by atoms with van der Waals surface area (Å²) < 4.78 is 2.55. The molecule has 0 saturated carbocycles. The van der Waals surface area contributed by atoms with E-state index in [4.69, 9.17) is 0 Å². The first kappa shape index (κ1) is 10.3. The molecule has 1 nitrogen and oxygen atoms in total. The molecule has 0 aliphatic carbocycles. The van der Waals surface area contributed by atoms with Gasteiger partial charge in [-0.2, -0.15) is 4.31 Å². The molecule has 0 bridgehead atoms. The van der Waals surface area contributed by atoms with Crippen LogP contribution in [-0.2, 0) is 11.1 Å². The molecule has 2 aromatic rings. The quantitative estimate of drug-likeness (QED) is 0.511. The molecule has 0 amide bonds. The monoisotopic (exact) mass is 252 g/mol. The SMILES string of the molecule is C1=CC[S+]2c3ccccc3-c3ccccc3N2C1. The van der Waals surface area contributed by atoms with Crippen LogP contribution in [0, 0.1) is 0 Å². The highest BCUT2D eigenvalue weighted by Crippen LogP contribution is 2.44. The Labute approximate surface area is 110 Å². The predicted molar refractivity (Wildman–Crippen MR) is 78.9 cm³/mol. The van der Waals surface area contributed by atoms with Crippen LogP contribution in [0.4, 0.5) is 5.69 Å². The van der Waals surface area contributed by atoms with E-state index in [-0.39, 0.29) is 11.1 Å². The molecule has 18 heavy (non-hydrogen) atoms. The van der Waals surface area contributed by atoms with Crippen LogP contribution in [-0.4, -0.2) is 12.3 Å². The average Bonchev–Trinajstić information content (AvgIpc) is 2.48. The third kappa shape index (κ3) is 1.36. The second kappa shape index (κ2) is 3.92. The number of fused-ring (bicyclic) bond motifs is 6. The zero-order chi connectivity index (χ0) is 11.9. The molecular weight excluding hydrogens is 238 g/mol. The largest absolute Gasteiger partial charge is 0.189 e. The van der Waals surface area contributed by atoms with Crippen molar-refractivity contribution in [3.05, 3.63) is 60.7 Å². The van der Waals surface area contributed by atoms with Gasteiger partial charge in [-0.15, -0.1) is 0 Å². The third-order valence-corrected chi connectivity index (χ3v) is 5.81. The van der Waals surface area contributed by atoms with Gasteiger partial charge >= 0.3 is 0 Å². The highest BCUT2D eigenvalue weighted by molar-refractivity contribution is 7.98. The molecule has 0 spiro atoms. The second-order valence-electron chi connectivity index (χ2n) is 4.58. The standard InChI is InChI=1S/C16H14NS/c1-3-9-15-13(7-1)14-8-2-4-10-16(14)18-12-6-5-11-17(15)18/h1-10H,11-12H2/q+1. The van der Waals surface area contributed by atoms with Crippen LogP contribution in [0.25, 0.3) is 11.1 Å². The fourth-order valence-electron chi connectivity index (χ4n) is 2.75. The van der Waals surface area contributed by atoms with Gasteiger partial charge in [0.05, 0.1) is 12.2 Å². The van der Waals surface area contributed by atoms with Gasteiger partial charge in [0, 0.05) is 11.1 Å². The Bertz CT molecular complexity index is 577. The molecule has 88 valence electrons. The van der Waals surface area contributed by atoms with Gasteiger partial charge in [-0.25, -0.2) is 0 Å². The number of anilines is 1. The normalized spacial score (nSPS) is 20.0. The van der Waals surface area contributed by atoms with Crippen molar-refractivity contribution in [2.45, 2.75) is 4.90 Å². The minimum Gasteiger partial charge on any atom is -0.185 e. The van der Waals surface area contributed by atoms with Crippen molar-refractivity contribution in [2.75, 3.05) is 16.6 Å². The van der Waals surface area contributed by atoms with Crippen LogP contribution in [0.5, 0.6) is 0 Å². The number of nitrogens with zero attached hydrogens (tertiary/aromatic N) is 1. The van der Waals surface area contributed by atoms with Gasteiger partial charge in [0.1, 0.15) is 11.1 Å². The van der Waals surface area contributed by atoms with Gasteiger partial charge in [0.25, 0.3) is 0 Å². The molecule has 0 aromatic heterocycles. The zero-order valence-corrected chi connectivity index (χ0v) is 10.9. The fraction of sp³-hybridized carbons (Fsp3) is 0.125. The average molecular weight is 252 g/mol. The van der Waals surface area contributed by atoms with Crippen molar-refractivity contribution in [1.29, 1.82) is 0 Å². The lowest BCUT2D eigenvalue weighted by molar-refractivity contribution is 1.14. The Kier molecular flexibility index (Phi) is 2.24. The van der Waals surface area contributed by atoms with Crippen molar-refractivity contribution in [3.8, 4) is 11.1 Å². The molecule has 0 saturated heterocycles. The molecule has 1 unspecified atom stereocenters. The van der Waals surface area contributed by atoms with Crippen LogP contribution in [0.15, 0.2) is 65.6 Å². The molecule has 2 heteroatoms. The van der Waals surface area contributed by atoms with E-state index in [1.54, 1.807) is 0 Å². The van der Waals surface area contributed by atoms with E-state index in [2.05, 4.69) is 65.0 Å². The van der Waals surface area contributed by atoms with E-state index in [1.807, 2.05) is 0 Å². The van der Waals surface area contributed by atoms with Gasteiger partial charge in [-0.3, -0.25) is 0 Å². The van der Waals surface area contributed by atoms with E-state index >= 15 is 0 Å². The summed E-state index contributed by atoms with van der Waals surface area (Å²) in [4.78, 5) is 1.50. The maximum Gasteiger partial charge on any atom is 0.189 e. The lowest BCUT2D eigenvalue weighted by Gasteiger charge is -2.31. The van der Waals surface area contributed by atoms with Crippen LogP contribution < -0.4 is 4.31 Å². The van der Waals surface area contributed by atoms with Crippen molar-refractivity contribution in [1.82, 2.24) is 0 Å². The first-order valence-corrected chi connectivity index (χ1v) is 7.62. The van der Waals surface area contributed by atoms with E-state index < -0.39 is 0 Å². The molecule has 4 rings (SSSR count). The minimum absolute atomic E-state index is 0.208. The molecule has 2 aliphatic heterocycles. The lowest BCUT2D eigenvalue weighted by Crippen LogP contribution is -2.38. The Hall–Kier alpha value is -1.67. The zero-order valence-electron chi connectivity index (χ0n) is 10.0. The maximum atomic E-state index is 2.55. The molecule has 0 fully saturated rings. The summed E-state index contributed by atoms with van der Waals surface area (Å²) in [5.41, 5.74) is 4.19. The smallest absolute Gasteiger partial charge is 0.185 e. The molecule has 2 aromatic carbocycles. The molecule has 0 radical (unpaired) electrons. The lowest BCUT2D eigenvalue weighted by atomic mass is 10.0.